The predicted molar refractivity (Wildman–Crippen MR) is 67.0 cm³/mol. The van der Waals surface area contributed by atoms with E-state index in [1.54, 1.807) is 6.92 Å². The van der Waals surface area contributed by atoms with Gasteiger partial charge in [0.1, 0.15) is 11.0 Å². The number of benzene rings is 1. The van der Waals surface area contributed by atoms with Gasteiger partial charge in [0.2, 0.25) is 5.91 Å². The highest BCUT2D eigenvalue weighted by molar-refractivity contribution is 6.41. The highest BCUT2D eigenvalue weighted by Crippen LogP contribution is 2.28. The van der Waals surface area contributed by atoms with Gasteiger partial charge < -0.3 is 15.7 Å². The maximum absolute atomic E-state index is 11.3. The number of nitrogens with one attached hydrogen (secondary N) is 2. The minimum Gasteiger partial charge on any atom is -0.504 e. The number of anilines is 2. The van der Waals surface area contributed by atoms with E-state index in [0.717, 1.165) is 0 Å². The van der Waals surface area contributed by atoms with Gasteiger partial charge in [0.25, 0.3) is 0 Å². The summed E-state index contributed by atoms with van der Waals surface area (Å²) in [6.45, 7) is 5.33. The summed E-state index contributed by atoms with van der Waals surface area (Å²) in [4.78, 5) is 37.3. The molecule has 1 aromatic rings. The molecule has 2 rings (SSSR count). The van der Waals surface area contributed by atoms with Crippen molar-refractivity contribution in [2.75, 3.05) is 10.6 Å². The van der Waals surface area contributed by atoms with Crippen molar-refractivity contribution in [3.05, 3.63) is 16.6 Å². The molecule has 1 heterocycles. The van der Waals surface area contributed by atoms with Crippen LogP contribution >= 0.6 is 0 Å². The van der Waals surface area contributed by atoms with Crippen LogP contribution in [0.4, 0.5) is 11.4 Å². The molecule has 3 amide bonds. The van der Waals surface area contributed by atoms with E-state index in [1.807, 2.05) is 0 Å². The molecule has 7 nitrogen and oxygen atoms in total. The van der Waals surface area contributed by atoms with Crippen LogP contribution in [0.2, 0.25) is 0 Å². The first kappa shape index (κ1) is 12.7. The predicted octanol–water partition coefficient (Wildman–Crippen LogP) is -0.751. The second-order valence-corrected chi connectivity index (χ2v) is 3.93. The van der Waals surface area contributed by atoms with Crippen molar-refractivity contribution in [3.8, 4) is 5.75 Å². The van der Waals surface area contributed by atoms with Crippen LogP contribution < -0.4 is 21.2 Å². The Morgan fingerprint density at radius 3 is 2.84 bits per heavy atom. The quantitative estimate of drug-likeness (QED) is 0.480. The van der Waals surface area contributed by atoms with Crippen LogP contribution in [0.3, 0.4) is 0 Å². The monoisotopic (exact) mass is 261 g/mol. The summed E-state index contributed by atoms with van der Waals surface area (Å²) in [7, 11) is 0. The molecular weight excluding hydrogens is 250 g/mol. The van der Waals surface area contributed by atoms with Gasteiger partial charge in [-0.3, -0.25) is 14.4 Å². The zero-order valence-electron chi connectivity index (χ0n) is 10.1. The minimum atomic E-state index is -0.956. The van der Waals surface area contributed by atoms with Gasteiger partial charge in [-0.25, -0.2) is 4.99 Å². The molecule has 0 spiro atoms. The molecular formula is C12H11N3O4. The summed E-state index contributed by atoms with van der Waals surface area (Å²) in [5.74, 6) is -2.55. The first-order valence-electron chi connectivity index (χ1n) is 5.52. The number of phenolic OH excluding ortho intramolecular Hbond substituents is 1. The fourth-order valence-corrected chi connectivity index (χ4v) is 1.62. The fraction of sp³-hybridized carbons (Fsp3) is 0.167. The molecule has 0 saturated heterocycles. The number of rotatable bonds is 2. The van der Waals surface area contributed by atoms with Gasteiger partial charge in [0, 0.05) is 6.42 Å². The van der Waals surface area contributed by atoms with Crippen molar-refractivity contribution < 1.29 is 19.5 Å². The molecule has 7 heteroatoms. The second-order valence-electron chi connectivity index (χ2n) is 3.93. The van der Waals surface area contributed by atoms with Crippen LogP contribution in [0, 0.1) is 0 Å². The highest BCUT2D eigenvalue weighted by atomic mass is 16.3. The Labute approximate surface area is 107 Å². The SMILES string of the molecule is C=c1cc(NC(=O)CC)c(O)c2c1=NC(=O)C(=O)N2. The van der Waals surface area contributed by atoms with Crippen molar-refractivity contribution in [1.82, 2.24) is 0 Å². The van der Waals surface area contributed by atoms with Crippen molar-refractivity contribution in [2.45, 2.75) is 13.3 Å². The number of fused-ring (bicyclic) bond motifs is 1. The number of aromatic hydroxyl groups is 1. The molecule has 0 radical (unpaired) electrons. The van der Waals surface area contributed by atoms with Crippen LogP contribution in [-0.2, 0) is 14.4 Å². The van der Waals surface area contributed by atoms with Crippen molar-refractivity contribution in [2.24, 2.45) is 4.99 Å². The lowest BCUT2D eigenvalue weighted by Crippen LogP contribution is -2.38. The van der Waals surface area contributed by atoms with Crippen LogP contribution in [0.25, 0.3) is 6.58 Å². The van der Waals surface area contributed by atoms with Gasteiger partial charge in [0.05, 0.1) is 5.69 Å². The van der Waals surface area contributed by atoms with E-state index >= 15 is 0 Å². The number of hydrogen-bond donors (Lipinski definition) is 3. The Balaban J connectivity index is 2.63. The molecule has 0 aliphatic carbocycles. The second kappa shape index (κ2) is 4.52. The molecule has 98 valence electrons. The Hall–Kier alpha value is -2.70. The number of phenols is 1. The molecule has 0 saturated carbocycles. The molecule has 0 aromatic heterocycles. The summed E-state index contributed by atoms with van der Waals surface area (Å²) in [5.41, 5.74) is 0.0870. The number of nitrogens with zero attached hydrogens (tertiary/aromatic N) is 1. The highest BCUT2D eigenvalue weighted by Gasteiger charge is 2.23. The van der Waals surface area contributed by atoms with E-state index in [-0.39, 0.29) is 34.8 Å². The molecule has 1 aromatic carbocycles. The van der Waals surface area contributed by atoms with E-state index in [4.69, 9.17) is 0 Å². The van der Waals surface area contributed by atoms with Gasteiger partial charge in [-0.15, -0.1) is 0 Å². The standard InChI is InChI=1S/C12H11N3O4/c1-3-7(16)13-6-4-5(2)8-9(10(6)17)15-12(19)11(18)14-8/h4,17H,2-3H2,1H3,(H,13,16)(H,15,19). The first-order valence-corrected chi connectivity index (χ1v) is 5.52. The topological polar surface area (TPSA) is 108 Å². The zero-order valence-corrected chi connectivity index (χ0v) is 10.1. The summed E-state index contributed by atoms with van der Waals surface area (Å²) in [5, 5.41) is 15.1. The van der Waals surface area contributed by atoms with E-state index in [2.05, 4.69) is 22.2 Å². The van der Waals surface area contributed by atoms with Crippen LogP contribution in [0.15, 0.2) is 11.1 Å². The van der Waals surface area contributed by atoms with E-state index in [9.17, 15) is 19.5 Å². The molecule has 1 aliphatic heterocycles. The molecule has 19 heavy (non-hydrogen) atoms. The Morgan fingerprint density at radius 1 is 1.53 bits per heavy atom. The maximum atomic E-state index is 11.3. The number of carbonyl (C=O) groups is 3. The molecule has 0 unspecified atom stereocenters. The Kier molecular flexibility index (Phi) is 3.04. The average molecular weight is 261 g/mol. The smallest absolute Gasteiger partial charge is 0.335 e. The number of hydrogen-bond acceptors (Lipinski definition) is 4. The van der Waals surface area contributed by atoms with Gasteiger partial charge in [-0.1, -0.05) is 13.5 Å². The van der Waals surface area contributed by atoms with Gasteiger partial charge in [-0.05, 0) is 11.3 Å². The third-order valence-corrected chi connectivity index (χ3v) is 2.59. The number of amides is 3. The van der Waals surface area contributed by atoms with E-state index in [1.165, 1.54) is 6.07 Å². The number of carbonyl (C=O) groups excluding carboxylic acids is 3. The molecule has 3 N–H and O–H groups in total. The first-order chi connectivity index (χ1) is 8.93. The third kappa shape index (κ3) is 2.17. The van der Waals surface area contributed by atoms with E-state index in [0.29, 0.717) is 5.22 Å². The van der Waals surface area contributed by atoms with Crippen molar-refractivity contribution in [1.29, 1.82) is 0 Å². The Morgan fingerprint density at radius 2 is 2.21 bits per heavy atom. The van der Waals surface area contributed by atoms with Crippen LogP contribution in [-0.4, -0.2) is 22.8 Å². The van der Waals surface area contributed by atoms with E-state index < -0.39 is 11.8 Å². The summed E-state index contributed by atoms with van der Waals surface area (Å²) in [6.07, 6.45) is 0.234. The normalized spacial score (nSPS) is 13.3. The van der Waals surface area contributed by atoms with Gasteiger partial charge in [-0.2, -0.15) is 0 Å². The fourth-order valence-electron chi connectivity index (χ4n) is 1.62. The van der Waals surface area contributed by atoms with Gasteiger partial charge >= 0.3 is 11.8 Å². The van der Waals surface area contributed by atoms with Crippen molar-refractivity contribution >= 4 is 35.7 Å². The molecule has 0 fully saturated rings. The Bertz CT molecular complexity index is 709. The molecule has 1 aliphatic rings. The summed E-state index contributed by atoms with van der Waals surface area (Å²) in [6, 6.07) is 1.38. The van der Waals surface area contributed by atoms with Crippen LogP contribution in [0.1, 0.15) is 13.3 Å². The van der Waals surface area contributed by atoms with Gasteiger partial charge in [0.15, 0.2) is 5.75 Å². The summed E-state index contributed by atoms with van der Waals surface area (Å²) >= 11 is 0. The molecule has 0 atom stereocenters. The maximum Gasteiger partial charge on any atom is 0.335 e. The largest absolute Gasteiger partial charge is 0.504 e. The third-order valence-electron chi connectivity index (χ3n) is 2.59. The molecule has 0 bridgehead atoms. The lowest BCUT2D eigenvalue weighted by atomic mass is 10.1. The van der Waals surface area contributed by atoms with Crippen molar-refractivity contribution in [3.63, 3.8) is 0 Å². The lowest BCUT2D eigenvalue weighted by molar-refractivity contribution is -0.134. The summed E-state index contributed by atoms with van der Waals surface area (Å²) < 4.78 is 0. The zero-order chi connectivity index (χ0) is 14.2. The minimum absolute atomic E-state index is 0.0245. The lowest BCUT2D eigenvalue weighted by Gasteiger charge is -2.14. The average Bonchev–Trinajstić information content (AvgIpc) is 2.37. The van der Waals surface area contributed by atoms with Crippen LogP contribution in [0.5, 0.6) is 5.75 Å².